The summed E-state index contributed by atoms with van der Waals surface area (Å²) < 4.78 is 17.5. The zero-order chi connectivity index (χ0) is 11.8. The van der Waals surface area contributed by atoms with Crippen LogP contribution in [-0.2, 0) is 4.74 Å². The van der Waals surface area contributed by atoms with Gasteiger partial charge in [0.1, 0.15) is 21.4 Å². The minimum atomic E-state index is -0.0670. The van der Waals surface area contributed by atoms with E-state index >= 15 is 0 Å². The average molecular weight is 364 g/mol. The van der Waals surface area contributed by atoms with E-state index in [0.717, 1.165) is 24.4 Å². The molecule has 0 bridgehead atoms. The van der Waals surface area contributed by atoms with Gasteiger partial charge in [-0.2, -0.15) is 0 Å². The normalized spacial score (nSPS) is 24.4. The van der Waals surface area contributed by atoms with Gasteiger partial charge in [-0.1, -0.05) is 10.3 Å². The predicted octanol–water partition coefficient (Wildman–Crippen LogP) is 3.78. The van der Waals surface area contributed by atoms with Gasteiger partial charge in [0.05, 0.1) is 0 Å². The Morgan fingerprint density at radius 1 is 0.941 bits per heavy atom. The van der Waals surface area contributed by atoms with Gasteiger partial charge in [0.2, 0.25) is 0 Å². The highest BCUT2D eigenvalue weighted by atomic mass is 79.9. The van der Waals surface area contributed by atoms with Crippen molar-refractivity contribution in [3.8, 4) is 0 Å². The maximum atomic E-state index is 5.85. The maximum absolute atomic E-state index is 5.85. The molecule has 1 aliphatic heterocycles. The molecule has 1 aliphatic rings. The van der Waals surface area contributed by atoms with E-state index in [4.69, 9.17) is 13.8 Å². The van der Waals surface area contributed by atoms with Crippen LogP contribution in [0.5, 0.6) is 0 Å². The summed E-state index contributed by atoms with van der Waals surface area (Å²) in [4.78, 5) is 0. The van der Waals surface area contributed by atoms with Gasteiger partial charge >= 0.3 is 0 Å². The number of hydrogen-bond donors (Lipinski definition) is 0. The molecule has 5 nitrogen and oxygen atoms in total. The summed E-state index contributed by atoms with van der Waals surface area (Å²) in [7, 11) is 0. The molecule has 2 atom stereocenters. The van der Waals surface area contributed by atoms with Gasteiger partial charge in [-0.3, -0.25) is 0 Å². The first kappa shape index (κ1) is 11.4. The number of halogens is 2. The highest BCUT2D eigenvalue weighted by Gasteiger charge is 2.32. The second-order valence-corrected chi connectivity index (χ2v) is 5.42. The number of ether oxygens (including phenoxy) is 1. The molecule has 0 amide bonds. The molecule has 0 unspecified atom stereocenters. The molecular formula is C10H8Br2N2O3. The molecule has 1 saturated heterocycles. The van der Waals surface area contributed by atoms with Gasteiger partial charge in [0.15, 0.2) is 11.5 Å². The minimum absolute atomic E-state index is 0.0670. The van der Waals surface area contributed by atoms with Crippen molar-refractivity contribution in [2.45, 2.75) is 25.0 Å². The van der Waals surface area contributed by atoms with E-state index in [1.165, 1.54) is 0 Å². The first-order valence-electron chi connectivity index (χ1n) is 5.12. The first-order valence-corrected chi connectivity index (χ1v) is 6.70. The monoisotopic (exact) mass is 362 g/mol. The Kier molecular flexibility index (Phi) is 3.06. The van der Waals surface area contributed by atoms with E-state index in [2.05, 4.69) is 42.2 Å². The molecule has 17 heavy (non-hydrogen) atoms. The lowest BCUT2D eigenvalue weighted by Crippen LogP contribution is -1.97. The number of aromatic nitrogens is 2. The number of hydrogen-bond acceptors (Lipinski definition) is 5. The summed E-state index contributed by atoms with van der Waals surface area (Å²) in [6, 6.07) is 3.65. The van der Waals surface area contributed by atoms with Gasteiger partial charge in [-0.15, -0.1) is 0 Å². The molecule has 3 rings (SSSR count). The molecule has 0 spiro atoms. The van der Waals surface area contributed by atoms with Gasteiger partial charge < -0.3 is 13.8 Å². The van der Waals surface area contributed by atoms with E-state index in [-0.39, 0.29) is 12.2 Å². The fourth-order valence-corrected chi connectivity index (χ4v) is 2.49. The Labute approximate surface area is 114 Å². The molecule has 2 aromatic heterocycles. The van der Waals surface area contributed by atoms with Crippen LogP contribution in [0, 0.1) is 0 Å². The van der Waals surface area contributed by atoms with Crippen molar-refractivity contribution < 1.29 is 13.8 Å². The molecule has 7 heteroatoms. The molecular weight excluding hydrogens is 356 g/mol. The Balaban J connectivity index is 1.73. The van der Waals surface area contributed by atoms with Crippen LogP contribution in [-0.4, -0.2) is 10.3 Å². The molecule has 3 heterocycles. The summed E-state index contributed by atoms with van der Waals surface area (Å²) >= 11 is 6.49. The zero-order valence-corrected chi connectivity index (χ0v) is 11.8. The smallest absolute Gasteiger partial charge is 0.166 e. The summed E-state index contributed by atoms with van der Waals surface area (Å²) in [6.07, 6.45) is 1.63. The van der Waals surface area contributed by atoms with Gasteiger partial charge in [-0.25, -0.2) is 0 Å². The topological polar surface area (TPSA) is 61.3 Å². The molecule has 2 aromatic rings. The highest BCUT2D eigenvalue weighted by molar-refractivity contribution is 9.10. The number of rotatable bonds is 2. The van der Waals surface area contributed by atoms with Crippen LogP contribution >= 0.6 is 31.9 Å². The quantitative estimate of drug-likeness (QED) is 0.812. The SMILES string of the molecule is Brc1cc([C@@H]2CC[C@@H](c3cc(Br)no3)O2)on1. The van der Waals surface area contributed by atoms with Crippen LogP contribution < -0.4 is 0 Å². The second-order valence-electron chi connectivity index (χ2n) is 3.79. The molecule has 0 saturated carbocycles. The molecule has 0 radical (unpaired) electrons. The largest absolute Gasteiger partial charge is 0.359 e. The van der Waals surface area contributed by atoms with E-state index in [1.54, 1.807) is 0 Å². The van der Waals surface area contributed by atoms with Gasteiger partial charge in [0, 0.05) is 12.1 Å². The third-order valence-electron chi connectivity index (χ3n) is 2.65. The molecule has 0 aromatic carbocycles. The summed E-state index contributed by atoms with van der Waals surface area (Å²) in [5.41, 5.74) is 0. The van der Waals surface area contributed by atoms with Crippen LogP contribution in [0.1, 0.15) is 36.6 Å². The Morgan fingerprint density at radius 3 is 1.76 bits per heavy atom. The molecule has 1 fully saturated rings. The average Bonchev–Trinajstić information content (AvgIpc) is 2.96. The lowest BCUT2D eigenvalue weighted by Gasteiger charge is -2.07. The fourth-order valence-electron chi connectivity index (χ4n) is 1.89. The van der Waals surface area contributed by atoms with Gasteiger partial charge in [0.25, 0.3) is 0 Å². The maximum Gasteiger partial charge on any atom is 0.166 e. The van der Waals surface area contributed by atoms with E-state index in [1.807, 2.05) is 12.1 Å². The van der Waals surface area contributed by atoms with Crippen molar-refractivity contribution in [3.05, 3.63) is 32.9 Å². The standard InChI is InChI=1S/C10H8Br2N2O3/c11-9-3-7(16-13-9)5-1-2-6(15-5)8-4-10(12)14-17-8/h3-6H,1-2H2/t5-,6-/m0/s1. The van der Waals surface area contributed by atoms with Crippen molar-refractivity contribution in [1.29, 1.82) is 0 Å². The van der Waals surface area contributed by atoms with Gasteiger partial charge in [-0.05, 0) is 44.7 Å². The fraction of sp³-hybridized carbons (Fsp3) is 0.400. The van der Waals surface area contributed by atoms with Crippen LogP contribution in [0.3, 0.4) is 0 Å². The highest BCUT2D eigenvalue weighted by Crippen LogP contribution is 2.41. The lowest BCUT2D eigenvalue weighted by molar-refractivity contribution is 0.0146. The van der Waals surface area contributed by atoms with E-state index < -0.39 is 0 Å². The summed E-state index contributed by atoms with van der Waals surface area (Å²) in [6.45, 7) is 0. The molecule has 0 aliphatic carbocycles. The van der Waals surface area contributed by atoms with Crippen molar-refractivity contribution in [3.63, 3.8) is 0 Å². The van der Waals surface area contributed by atoms with Crippen LogP contribution in [0.4, 0.5) is 0 Å². The van der Waals surface area contributed by atoms with Crippen LogP contribution in [0.2, 0.25) is 0 Å². The van der Waals surface area contributed by atoms with Crippen molar-refractivity contribution in [2.24, 2.45) is 0 Å². The Bertz CT molecular complexity index is 479. The van der Waals surface area contributed by atoms with Crippen molar-refractivity contribution in [2.75, 3.05) is 0 Å². The molecule has 0 N–H and O–H groups in total. The minimum Gasteiger partial charge on any atom is -0.359 e. The Hall–Kier alpha value is -0.660. The first-order chi connectivity index (χ1) is 8.22. The van der Waals surface area contributed by atoms with E-state index in [9.17, 15) is 0 Å². The summed E-state index contributed by atoms with van der Waals surface area (Å²) in [5.74, 6) is 1.47. The van der Waals surface area contributed by atoms with Crippen LogP contribution in [0.15, 0.2) is 30.4 Å². The van der Waals surface area contributed by atoms with E-state index in [0.29, 0.717) is 9.21 Å². The predicted molar refractivity (Wildman–Crippen MR) is 64.2 cm³/mol. The van der Waals surface area contributed by atoms with Crippen molar-refractivity contribution >= 4 is 31.9 Å². The van der Waals surface area contributed by atoms with Crippen molar-refractivity contribution in [1.82, 2.24) is 10.3 Å². The number of nitrogens with zero attached hydrogens (tertiary/aromatic N) is 2. The summed E-state index contributed by atoms with van der Waals surface area (Å²) in [5, 5.41) is 7.56. The lowest BCUT2D eigenvalue weighted by atomic mass is 10.1. The van der Waals surface area contributed by atoms with Crippen LogP contribution in [0.25, 0.3) is 0 Å². The zero-order valence-electron chi connectivity index (χ0n) is 8.60. The Morgan fingerprint density at radius 2 is 1.41 bits per heavy atom. The molecule has 90 valence electrons. The third kappa shape index (κ3) is 2.31. The third-order valence-corrected chi connectivity index (χ3v) is 3.40. The second kappa shape index (κ2) is 4.55.